The Morgan fingerprint density at radius 1 is 1.38 bits per heavy atom. The van der Waals surface area contributed by atoms with Crippen LogP contribution in [0.4, 0.5) is 5.69 Å². The molecule has 0 aromatic heterocycles. The summed E-state index contributed by atoms with van der Waals surface area (Å²) in [6.45, 7) is 0. The van der Waals surface area contributed by atoms with Crippen molar-refractivity contribution >= 4 is 33.1 Å². The van der Waals surface area contributed by atoms with Crippen molar-refractivity contribution in [3.8, 4) is 0 Å². The normalized spacial score (nSPS) is 16.3. The van der Waals surface area contributed by atoms with Crippen molar-refractivity contribution in [3.05, 3.63) is 24.3 Å². The highest BCUT2D eigenvalue weighted by molar-refractivity contribution is 7.85. The van der Waals surface area contributed by atoms with Crippen LogP contribution in [0.2, 0.25) is 0 Å². The second-order valence-electron chi connectivity index (χ2n) is 2.97. The maximum atomic E-state index is 10.9. The molecule has 16 heavy (non-hydrogen) atoms. The topological polar surface area (TPSA) is 93.7 Å². The summed E-state index contributed by atoms with van der Waals surface area (Å²) < 4.78 is 30.8. The Morgan fingerprint density at radius 3 is 2.69 bits per heavy atom. The molecule has 1 aliphatic heterocycles. The molecule has 0 bridgehead atoms. The second kappa shape index (κ2) is 3.96. The lowest BCUT2D eigenvalue weighted by Crippen LogP contribution is -2.37. The van der Waals surface area contributed by atoms with E-state index in [9.17, 15) is 8.42 Å². The number of hydrogen-bond acceptors (Lipinski definition) is 5. The molecule has 0 unspecified atom stereocenters. The fourth-order valence-electron chi connectivity index (χ4n) is 1.21. The lowest BCUT2D eigenvalue weighted by molar-refractivity contribution is 0.483. The number of hydrazine groups is 3. The van der Waals surface area contributed by atoms with Crippen molar-refractivity contribution in [3.63, 3.8) is 0 Å². The van der Waals surface area contributed by atoms with Crippen LogP contribution in [0.5, 0.6) is 0 Å². The molecule has 7 nitrogen and oxygen atoms in total. The average Bonchev–Trinajstić information content (AvgIpc) is 2.63. The van der Waals surface area contributed by atoms with E-state index in [1.165, 1.54) is 23.2 Å². The molecule has 1 aromatic rings. The van der Waals surface area contributed by atoms with Gasteiger partial charge in [-0.25, -0.2) is 5.01 Å². The van der Waals surface area contributed by atoms with Crippen LogP contribution in [0.1, 0.15) is 0 Å². The Labute approximate surface area is 97.1 Å². The number of anilines is 1. The Morgan fingerprint density at radius 2 is 2.12 bits per heavy atom. The zero-order valence-corrected chi connectivity index (χ0v) is 9.47. The van der Waals surface area contributed by atoms with Gasteiger partial charge in [-0.2, -0.15) is 14.0 Å². The van der Waals surface area contributed by atoms with Crippen molar-refractivity contribution in [2.45, 2.75) is 4.90 Å². The van der Waals surface area contributed by atoms with Crippen molar-refractivity contribution in [2.75, 3.05) is 5.01 Å². The predicted molar refractivity (Wildman–Crippen MR) is 60.7 cm³/mol. The third-order valence-corrected chi connectivity index (χ3v) is 3.05. The molecule has 9 heteroatoms. The van der Waals surface area contributed by atoms with Gasteiger partial charge in [0.2, 0.25) is 5.11 Å². The summed E-state index contributed by atoms with van der Waals surface area (Å²) in [5, 5.41) is 1.76. The van der Waals surface area contributed by atoms with Crippen molar-refractivity contribution in [2.24, 2.45) is 0 Å². The molecule has 0 atom stereocenters. The molecule has 0 saturated carbocycles. The molecule has 1 aromatic carbocycles. The zero-order valence-electron chi connectivity index (χ0n) is 7.84. The van der Waals surface area contributed by atoms with Crippen LogP contribution in [-0.4, -0.2) is 18.1 Å². The molecule has 0 spiro atoms. The van der Waals surface area contributed by atoms with E-state index >= 15 is 0 Å². The minimum absolute atomic E-state index is 0.193. The molecule has 1 aliphatic rings. The number of benzene rings is 1. The SMILES string of the molecule is O=S(=O)(O)c1cccc(N2NNNC2=S)c1. The summed E-state index contributed by atoms with van der Waals surface area (Å²) in [5.41, 5.74) is 8.30. The van der Waals surface area contributed by atoms with Crippen molar-refractivity contribution in [1.29, 1.82) is 0 Å². The predicted octanol–water partition coefficient (Wildman–Crippen LogP) is -0.448. The van der Waals surface area contributed by atoms with Crippen LogP contribution in [0.15, 0.2) is 29.2 Å². The van der Waals surface area contributed by atoms with Crippen LogP contribution in [0.25, 0.3) is 0 Å². The Kier molecular flexibility index (Phi) is 2.78. The van der Waals surface area contributed by atoms with Gasteiger partial charge in [-0.1, -0.05) is 6.07 Å². The molecule has 0 amide bonds. The summed E-state index contributed by atoms with van der Waals surface area (Å²) in [4.78, 5) is -0.193. The highest BCUT2D eigenvalue weighted by atomic mass is 32.2. The molecule has 0 radical (unpaired) electrons. The summed E-state index contributed by atoms with van der Waals surface area (Å²) in [6, 6.07) is 5.73. The van der Waals surface area contributed by atoms with Crippen LogP contribution in [0.3, 0.4) is 0 Å². The fraction of sp³-hybridized carbons (Fsp3) is 0. The van der Waals surface area contributed by atoms with Crippen molar-refractivity contribution < 1.29 is 13.0 Å². The number of rotatable bonds is 2. The molecular weight excluding hydrogens is 252 g/mol. The van der Waals surface area contributed by atoms with Gasteiger partial charge in [0.05, 0.1) is 10.6 Å². The maximum absolute atomic E-state index is 10.9. The maximum Gasteiger partial charge on any atom is 0.294 e. The number of hydrogen-bond donors (Lipinski definition) is 4. The Hall–Kier alpha value is -1.26. The molecule has 1 heterocycles. The van der Waals surface area contributed by atoms with Gasteiger partial charge in [0.1, 0.15) is 0 Å². The quantitative estimate of drug-likeness (QED) is 0.420. The minimum Gasteiger partial charge on any atom is -0.282 e. The first-order valence-electron chi connectivity index (χ1n) is 4.17. The van der Waals surface area contributed by atoms with Crippen LogP contribution < -0.4 is 21.5 Å². The highest BCUT2D eigenvalue weighted by Gasteiger charge is 2.19. The Bertz CT molecular complexity index is 530. The number of nitrogens with one attached hydrogen (secondary N) is 3. The standard InChI is InChI=1S/C7H8N4O3S2/c12-16(13,14)6-3-1-2-5(4-6)11-7(15)8-9-10-11/h1-4,9-10H,(H,8,15)(H,12,13,14). The first-order chi connectivity index (χ1) is 7.48. The van der Waals surface area contributed by atoms with Gasteiger partial charge < -0.3 is 0 Å². The van der Waals surface area contributed by atoms with Gasteiger partial charge in [0.25, 0.3) is 10.1 Å². The monoisotopic (exact) mass is 260 g/mol. The van der Waals surface area contributed by atoms with E-state index in [-0.39, 0.29) is 4.90 Å². The molecular formula is C7H8N4O3S2. The van der Waals surface area contributed by atoms with E-state index in [0.717, 1.165) is 0 Å². The molecule has 0 aliphatic carbocycles. The van der Waals surface area contributed by atoms with E-state index in [4.69, 9.17) is 16.8 Å². The number of nitrogens with zero attached hydrogens (tertiary/aromatic N) is 1. The van der Waals surface area contributed by atoms with Gasteiger partial charge >= 0.3 is 0 Å². The Balaban J connectivity index is 2.40. The number of thiocarbonyl (C=S) groups is 1. The van der Waals surface area contributed by atoms with Gasteiger partial charge in [0.15, 0.2) is 0 Å². The van der Waals surface area contributed by atoms with Gasteiger partial charge in [0, 0.05) is 0 Å². The lowest BCUT2D eigenvalue weighted by Gasteiger charge is -2.15. The van der Waals surface area contributed by atoms with E-state index in [0.29, 0.717) is 10.8 Å². The smallest absolute Gasteiger partial charge is 0.282 e. The molecule has 2 rings (SSSR count). The summed E-state index contributed by atoms with van der Waals surface area (Å²) in [7, 11) is -4.21. The van der Waals surface area contributed by atoms with E-state index in [1.807, 2.05) is 0 Å². The van der Waals surface area contributed by atoms with E-state index in [2.05, 4.69) is 16.5 Å². The fourth-order valence-corrected chi connectivity index (χ4v) is 1.93. The average molecular weight is 260 g/mol. The lowest BCUT2D eigenvalue weighted by atomic mass is 10.3. The van der Waals surface area contributed by atoms with Crippen LogP contribution in [-0.2, 0) is 10.1 Å². The van der Waals surface area contributed by atoms with Gasteiger partial charge in [-0.15, -0.1) is 5.53 Å². The van der Waals surface area contributed by atoms with Crippen LogP contribution >= 0.6 is 12.2 Å². The first-order valence-corrected chi connectivity index (χ1v) is 6.01. The van der Waals surface area contributed by atoms with Crippen LogP contribution in [0, 0.1) is 0 Å². The highest BCUT2D eigenvalue weighted by Crippen LogP contribution is 2.18. The van der Waals surface area contributed by atoms with E-state index in [1.54, 1.807) is 6.07 Å². The summed E-state index contributed by atoms with van der Waals surface area (Å²) >= 11 is 4.94. The summed E-state index contributed by atoms with van der Waals surface area (Å²) in [5.74, 6) is 0. The molecule has 1 saturated heterocycles. The first kappa shape index (κ1) is 11.2. The zero-order chi connectivity index (χ0) is 11.8. The molecule has 1 fully saturated rings. The second-order valence-corrected chi connectivity index (χ2v) is 4.78. The van der Waals surface area contributed by atoms with Gasteiger partial charge in [-0.05, 0) is 30.4 Å². The summed E-state index contributed by atoms with van der Waals surface area (Å²) in [6.07, 6.45) is 0. The molecule has 4 N–H and O–H groups in total. The van der Waals surface area contributed by atoms with E-state index < -0.39 is 10.1 Å². The molecule has 86 valence electrons. The largest absolute Gasteiger partial charge is 0.294 e. The van der Waals surface area contributed by atoms with Crippen molar-refractivity contribution in [1.82, 2.24) is 16.5 Å². The third kappa shape index (κ3) is 2.13. The van der Waals surface area contributed by atoms with Gasteiger partial charge in [-0.3, -0.25) is 9.98 Å². The third-order valence-electron chi connectivity index (χ3n) is 1.91. The minimum atomic E-state index is -4.21.